The van der Waals surface area contributed by atoms with Crippen LogP contribution in [0.2, 0.25) is 0 Å². The van der Waals surface area contributed by atoms with E-state index in [-0.39, 0.29) is 36.9 Å². The molecular formula is C20H19FN4O2S. The van der Waals surface area contributed by atoms with Gasteiger partial charge in [0.2, 0.25) is 5.91 Å². The third-order valence-electron chi connectivity index (χ3n) is 3.94. The van der Waals surface area contributed by atoms with Gasteiger partial charge in [-0.1, -0.05) is 12.1 Å². The Balaban J connectivity index is 1.42. The molecule has 0 fully saturated rings. The SMILES string of the molecule is Cc1ccc(C(=O)NCCNC(=O)Cc2csc(-c3ccccn3)n2)cc1F. The number of hydrogen-bond donors (Lipinski definition) is 2. The highest BCUT2D eigenvalue weighted by Gasteiger charge is 2.10. The third kappa shape index (κ3) is 5.20. The molecule has 0 saturated heterocycles. The van der Waals surface area contributed by atoms with E-state index in [9.17, 15) is 14.0 Å². The summed E-state index contributed by atoms with van der Waals surface area (Å²) in [6, 6.07) is 9.90. The maximum absolute atomic E-state index is 13.5. The quantitative estimate of drug-likeness (QED) is 0.600. The summed E-state index contributed by atoms with van der Waals surface area (Å²) < 4.78 is 13.5. The summed E-state index contributed by atoms with van der Waals surface area (Å²) in [6.45, 7) is 2.15. The molecule has 8 heteroatoms. The van der Waals surface area contributed by atoms with E-state index >= 15 is 0 Å². The molecule has 0 aliphatic carbocycles. The van der Waals surface area contributed by atoms with Gasteiger partial charge in [0.15, 0.2) is 0 Å². The van der Waals surface area contributed by atoms with E-state index in [1.165, 1.54) is 17.4 Å². The number of thiazole rings is 1. The Morgan fingerprint density at radius 1 is 1.14 bits per heavy atom. The molecular weight excluding hydrogens is 379 g/mol. The molecule has 0 aliphatic heterocycles. The van der Waals surface area contributed by atoms with E-state index in [4.69, 9.17) is 0 Å². The van der Waals surface area contributed by atoms with Crippen LogP contribution < -0.4 is 10.6 Å². The van der Waals surface area contributed by atoms with Crippen molar-refractivity contribution in [2.24, 2.45) is 0 Å². The lowest BCUT2D eigenvalue weighted by Gasteiger charge is -2.07. The first-order valence-corrected chi connectivity index (χ1v) is 9.58. The van der Waals surface area contributed by atoms with Crippen molar-refractivity contribution in [2.75, 3.05) is 13.1 Å². The first-order chi connectivity index (χ1) is 13.5. The molecule has 3 rings (SSSR count). The van der Waals surface area contributed by atoms with Crippen LogP contribution in [0.4, 0.5) is 4.39 Å². The van der Waals surface area contributed by atoms with E-state index in [1.807, 2.05) is 23.6 Å². The van der Waals surface area contributed by atoms with Gasteiger partial charge in [-0.15, -0.1) is 11.3 Å². The predicted molar refractivity (Wildman–Crippen MR) is 106 cm³/mol. The molecule has 0 atom stereocenters. The fraction of sp³-hybridized carbons (Fsp3) is 0.200. The van der Waals surface area contributed by atoms with Crippen molar-refractivity contribution >= 4 is 23.2 Å². The maximum atomic E-state index is 13.5. The van der Waals surface area contributed by atoms with Crippen molar-refractivity contribution in [3.05, 3.63) is 70.6 Å². The number of benzene rings is 1. The second kappa shape index (κ2) is 9.18. The summed E-state index contributed by atoms with van der Waals surface area (Å²) in [4.78, 5) is 32.7. The molecule has 144 valence electrons. The van der Waals surface area contributed by atoms with Gasteiger partial charge in [-0.3, -0.25) is 14.6 Å². The Morgan fingerprint density at radius 3 is 2.71 bits per heavy atom. The average molecular weight is 398 g/mol. The maximum Gasteiger partial charge on any atom is 0.251 e. The summed E-state index contributed by atoms with van der Waals surface area (Å²) in [5, 5.41) is 7.97. The van der Waals surface area contributed by atoms with Gasteiger partial charge in [0.05, 0.1) is 17.8 Å². The number of amides is 2. The minimum absolute atomic E-state index is 0.153. The number of carbonyl (C=O) groups is 2. The summed E-state index contributed by atoms with van der Waals surface area (Å²) >= 11 is 1.44. The number of aromatic nitrogens is 2. The van der Waals surface area contributed by atoms with E-state index in [0.717, 1.165) is 10.7 Å². The third-order valence-corrected chi connectivity index (χ3v) is 4.86. The van der Waals surface area contributed by atoms with Gasteiger partial charge in [-0.25, -0.2) is 9.37 Å². The molecule has 1 aromatic carbocycles. The van der Waals surface area contributed by atoms with Gasteiger partial charge in [0, 0.05) is 30.2 Å². The number of carbonyl (C=O) groups excluding carboxylic acids is 2. The van der Waals surface area contributed by atoms with Crippen LogP contribution in [0.5, 0.6) is 0 Å². The number of aryl methyl sites for hydroxylation is 1. The highest BCUT2D eigenvalue weighted by molar-refractivity contribution is 7.13. The molecule has 2 N–H and O–H groups in total. The van der Waals surface area contributed by atoms with Crippen molar-refractivity contribution in [1.82, 2.24) is 20.6 Å². The second-order valence-corrected chi connectivity index (χ2v) is 6.96. The molecule has 2 heterocycles. The monoisotopic (exact) mass is 398 g/mol. The molecule has 2 aromatic heterocycles. The Morgan fingerprint density at radius 2 is 1.96 bits per heavy atom. The molecule has 0 spiro atoms. The minimum atomic E-state index is -0.422. The molecule has 28 heavy (non-hydrogen) atoms. The normalized spacial score (nSPS) is 10.5. The highest BCUT2D eigenvalue weighted by Crippen LogP contribution is 2.21. The number of halogens is 1. The zero-order chi connectivity index (χ0) is 19.9. The Hall–Kier alpha value is -3.13. The van der Waals surface area contributed by atoms with Crippen LogP contribution in [0.25, 0.3) is 10.7 Å². The molecule has 0 unspecified atom stereocenters. The lowest BCUT2D eigenvalue weighted by molar-refractivity contribution is -0.120. The smallest absolute Gasteiger partial charge is 0.251 e. The standard InChI is InChI=1S/C20H19FN4O2S/c1-13-5-6-14(10-16(13)21)19(27)24-9-8-23-18(26)11-15-12-28-20(25-15)17-4-2-3-7-22-17/h2-7,10,12H,8-9,11H2,1H3,(H,23,26)(H,24,27). The molecule has 0 aliphatic rings. The van der Waals surface area contributed by atoms with E-state index in [1.54, 1.807) is 25.3 Å². The first kappa shape index (κ1) is 19.6. The molecule has 2 amide bonds. The highest BCUT2D eigenvalue weighted by atomic mass is 32.1. The van der Waals surface area contributed by atoms with Crippen molar-refractivity contribution in [1.29, 1.82) is 0 Å². The average Bonchev–Trinajstić information content (AvgIpc) is 3.16. The predicted octanol–water partition coefficient (Wildman–Crippen LogP) is 2.74. The first-order valence-electron chi connectivity index (χ1n) is 8.70. The largest absolute Gasteiger partial charge is 0.354 e. The van der Waals surface area contributed by atoms with Crippen LogP contribution >= 0.6 is 11.3 Å². The molecule has 3 aromatic rings. The van der Waals surface area contributed by atoms with E-state index in [0.29, 0.717) is 11.3 Å². The summed E-state index contributed by atoms with van der Waals surface area (Å²) in [6.07, 6.45) is 1.85. The topological polar surface area (TPSA) is 84.0 Å². The summed E-state index contributed by atoms with van der Waals surface area (Å²) in [7, 11) is 0. The Kier molecular flexibility index (Phi) is 6.44. The van der Waals surface area contributed by atoms with Gasteiger partial charge in [-0.2, -0.15) is 0 Å². The van der Waals surface area contributed by atoms with Gasteiger partial charge >= 0.3 is 0 Å². The van der Waals surface area contributed by atoms with Crippen molar-refractivity contribution in [3.8, 4) is 10.7 Å². The van der Waals surface area contributed by atoms with E-state index in [2.05, 4.69) is 20.6 Å². The van der Waals surface area contributed by atoms with Crippen LogP contribution in [0, 0.1) is 12.7 Å². The van der Waals surface area contributed by atoms with E-state index < -0.39 is 5.82 Å². The molecule has 6 nitrogen and oxygen atoms in total. The van der Waals surface area contributed by atoms with Gasteiger partial charge < -0.3 is 10.6 Å². The van der Waals surface area contributed by atoms with Gasteiger partial charge in [0.1, 0.15) is 10.8 Å². The van der Waals surface area contributed by atoms with Crippen LogP contribution in [-0.4, -0.2) is 34.9 Å². The number of pyridine rings is 1. The van der Waals surface area contributed by atoms with Crippen LogP contribution in [0.15, 0.2) is 48.0 Å². The fourth-order valence-corrected chi connectivity index (χ4v) is 3.23. The number of hydrogen-bond acceptors (Lipinski definition) is 5. The molecule has 0 saturated carbocycles. The molecule has 0 bridgehead atoms. The second-order valence-electron chi connectivity index (χ2n) is 6.11. The summed E-state index contributed by atoms with van der Waals surface area (Å²) in [5.41, 5.74) is 2.17. The lowest BCUT2D eigenvalue weighted by Crippen LogP contribution is -2.35. The molecule has 0 radical (unpaired) electrons. The number of nitrogens with zero attached hydrogens (tertiary/aromatic N) is 2. The van der Waals surface area contributed by atoms with Crippen LogP contribution in [0.3, 0.4) is 0 Å². The van der Waals surface area contributed by atoms with Crippen LogP contribution in [-0.2, 0) is 11.2 Å². The van der Waals surface area contributed by atoms with Gasteiger partial charge in [0.25, 0.3) is 5.91 Å². The van der Waals surface area contributed by atoms with Crippen LogP contribution in [0.1, 0.15) is 21.6 Å². The zero-order valence-electron chi connectivity index (χ0n) is 15.2. The van der Waals surface area contributed by atoms with Gasteiger partial charge in [-0.05, 0) is 36.8 Å². The zero-order valence-corrected chi connectivity index (χ0v) is 16.1. The Labute approximate surface area is 165 Å². The van der Waals surface area contributed by atoms with Crippen molar-refractivity contribution < 1.29 is 14.0 Å². The fourth-order valence-electron chi connectivity index (χ4n) is 2.44. The minimum Gasteiger partial charge on any atom is -0.354 e. The van der Waals surface area contributed by atoms with Crippen molar-refractivity contribution in [2.45, 2.75) is 13.3 Å². The summed E-state index contributed by atoms with van der Waals surface area (Å²) in [5.74, 6) is -0.990. The number of nitrogens with one attached hydrogen (secondary N) is 2. The Bertz CT molecular complexity index is 975. The lowest BCUT2D eigenvalue weighted by atomic mass is 10.1. The number of rotatable bonds is 7. The van der Waals surface area contributed by atoms with Crippen molar-refractivity contribution in [3.63, 3.8) is 0 Å².